The quantitative estimate of drug-likeness (QED) is 0.780. The van der Waals surface area contributed by atoms with Crippen molar-refractivity contribution in [2.75, 3.05) is 6.61 Å². The van der Waals surface area contributed by atoms with Gasteiger partial charge >= 0.3 is 5.97 Å². The molecule has 0 amide bonds. The highest BCUT2D eigenvalue weighted by atomic mass is 19.1. The fourth-order valence-corrected chi connectivity index (χ4v) is 0.839. The van der Waals surface area contributed by atoms with Crippen molar-refractivity contribution >= 4 is 5.97 Å². The standard InChI is InChI=1S/C9H9F2NO3/c10-5-1-2-6(11)8(3-5)15-4-7(12)9(13)14/h1-3,7H,4,12H2,(H,13,14)/t7-/m0/s1. The molecule has 0 spiro atoms. The SMILES string of the molecule is N[C@@H](COc1cc(F)ccc1F)C(=O)O. The number of hydrogen-bond acceptors (Lipinski definition) is 3. The summed E-state index contributed by atoms with van der Waals surface area (Å²) in [5.41, 5.74) is 5.11. The maximum absolute atomic E-state index is 12.9. The third-order valence-corrected chi connectivity index (χ3v) is 1.63. The number of hydrogen-bond donors (Lipinski definition) is 2. The maximum Gasteiger partial charge on any atom is 0.324 e. The Morgan fingerprint density at radius 3 is 2.80 bits per heavy atom. The number of rotatable bonds is 4. The highest BCUT2D eigenvalue weighted by Gasteiger charge is 2.13. The third-order valence-electron chi connectivity index (χ3n) is 1.63. The minimum atomic E-state index is -1.27. The largest absolute Gasteiger partial charge is 0.488 e. The van der Waals surface area contributed by atoms with Crippen molar-refractivity contribution in [3.63, 3.8) is 0 Å². The summed E-state index contributed by atoms with van der Waals surface area (Å²) >= 11 is 0. The molecule has 0 aliphatic rings. The van der Waals surface area contributed by atoms with E-state index in [1.807, 2.05) is 0 Å². The molecule has 0 saturated heterocycles. The lowest BCUT2D eigenvalue weighted by Gasteiger charge is -2.09. The van der Waals surface area contributed by atoms with Gasteiger partial charge in [0.2, 0.25) is 0 Å². The second-order valence-electron chi connectivity index (χ2n) is 2.83. The molecule has 0 bridgehead atoms. The topological polar surface area (TPSA) is 72.5 Å². The predicted molar refractivity (Wildman–Crippen MR) is 47.5 cm³/mol. The lowest BCUT2D eigenvalue weighted by Crippen LogP contribution is -2.36. The molecule has 0 heterocycles. The van der Waals surface area contributed by atoms with Crippen molar-refractivity contribution < 1.29 is 23.4 Å². The number of aliphatic carboxylic acids is 1. The minimum absolute atomic E-state index is 0.355. The van der Waals surface area contributed by atoms with E-state index in [1.54, 1.807) is 0 Å². The van der Waals surface area contributed by atoms with Crippen molar-refractivity contribution in [2.45, 2.75) is 6.04 Å². The summed E-state index contributed by atoms with van der Waals surface area (Å²) in [6, 6.07) is 1.37. The van der Waals surface area contributed by atoms with Crippen LogP contribution in [0, 0.1) is 11.6 Å². The molecule has 0 unspecified atom stereocenters. The number of halogens is 2. The molecule has 1 rings (SSSR count). The lowest BCUT2D eigenvalue weighted by atomic mass is 10.3. The van der Waals surface area contributed by atoms with Crippen LogP contribution in [0.15, 0.2) is 18.2 Å². The Bertz CT molecular complexity index is 370. The molecule has 0 fully saturated rings. The van der Waals surface area contributed by atoms with Gasteiger partial charge in [-0.15, -0.1) is 0 Å². The Morgan fingerprint density at radius 1 is 1.53 bits per heavy atom. The van der Waals surface area contributed by atoms with E-state index in [9.17, 15) is 13.6 Å². The molecule has 82 valence electrons. The van der Waals surface area contributed by atoms with Gasteiger partial charge in [-0.1, -0.05) is 0 Å². The van der Waals surface area contributed by atoms with Crippen LogP contribution >= 0.6 is 0 Å². The molecule has 1 aromatic rings. The first-order valence-electron chi connectivity index (χ1n) is 4.07. The number of carbonyl (C=O) groups is 1. The molecule has 6 heteroatoms. The zero-order valence-electron chi connectivity index (χ0n) is 7.61. The van der Waals surface area contributed by atoms with E-state index in [2.05, 4.69) is 0 Å². The fraction of sp³-hybridized carbons (Fsp3) is 0.222. The number of nitrogens with two attached hydrogens (primary N) is 1. The van der Waals surface area contributed by atoms with Gasteiger partial charge in [-0.05, 0) is 12.1 Å². The fourth-order valence-electron chi connectivity index (χ4n) is 0.839. The molecular weight excluding hydrogens is 208 g/mol. The van der Waals surface area contributed by atoms with Gasteiger partial charge in [0.1, 0.15) is 18.5 Å². The highest BCUT2D eigenvalue weighted by molar-refractivity contribution is 5.73. The molecule has 0 aliphatic heterocycles. The van der Waals surface area contributed by atoms with Gasteiger partial charge in [0.25, 0.3) is 0 Å². The number of ether oxygens (including phenoxy) is 1. The summed E-state index contributed by atoms with van der Waals surface area (Å²) in [6.07, 6.45) is 0. The van der Waals surface area contributed by atoms with Crippen LogP contribution in [0.5, 0.6) is 5.75 Å². The average molecular weight is 217 g/mol. The summed E-state index contributed by atoms with van der Waals surface area (Å²) in [4.78, 5) is 10.3. The first-order chi connectivity index (χ1) is 7.00. The van der Waals surface area contributed by atoms with E-state index in [-0.39, 0.29) is 5.75 Å². The molecule has 1 aromatic carbocycles. The van der Waals surface area contributed by atoms with Crippen LogP contribution in [0.2, 0.25) is 0 Å². The second-order valence-corrected chi connectivity index (χ2v) is 2.83. The number of carboxylic acids is 1. The summed E-state index contributed by atoms with van der Waals surface area (Å²) in [5.74, 6) is -3.07. The average Bonchev–Trinajstić information content (AvgIpc) is 2.18. The highest BCUT2D eigenvalue weighted by Crippen LogP contribution is 2.17. The van der Waals surface area contributed by atoms with Crippen LogP contribution in [0.4, 0.5) is 8.78 Å². The Balaban J connectivity index is 2.65. The molecule has 4 nitrogen and oxygen atoms in total. The van der Waals surface area contributed by atoms with E-state index < -0.39 is 30.3 Å². The van der Waals surface area contributed by atoms with E-state index in [4.69, 9.17) is 15.6 Å². The minimum Gasteiger partial charge on any atom is -0.488 e. The van der Waals surface area contributed by atoms with Gasteiger partial charge in [-0.2, -0.15) is 0 Å². The third kappa shape index (κ3) is 3.17. The first kappa shape index (κ1) is 11.4. The summed E-state index contributed by atoms with van der Waals surface area (Å²) in [6.45, 7) is -0.421. The van der Waals surface area contributed by atoms with E-state index in [1.165, 1.54) is 0 Å². The molecule has 0 aliphatic carbocycles. The van der Waals surface area contributed by atoms with Crippen LogP contribution in [0.25, 0.3) is 0 Å². The normalized spacial score (nSPS) is 12.2. The van der Waals surface area contributed by atoms with Crippen molar-refractivity contribution in [3.8, 4) is 5.75 Å². The van der Waals surface area contributed by atoms with Gasteiger partial charge in [-0.3, -0.25) is 4.79 Å². The maximum atomic E-state index is 12.9. The second kappa shape index (κ2) is 4.70. The Morgan fingerprint density at radius 2 is 2.20 bits per heavy atom. The van der Waals surface area contributed by atoms with E-state index in [0.717, 1.165) is 18.2 Å². The van der Waals surface area contributed by atoms with Crippen LogP contribution in [0.3, 0.4) is 0 Å². The summed E-state index contributed by atoms with van der Waals surface area (Å²) < 4.78 is 30.3. The van der Waals surface area contributed by atoms with E-state index >= 15 is 0 Å². The first-order valence-corrected chi connectivity index (χ1v) is 4.07. The Labute approximate surface area is 84.3 Å². The molecule has 1 atom stereocenters. The van der Waals surface area contributed by atoms with E-state index in [0.29, 0.717) is 0 Å². The Hall–Kier alpha value is -1.69. The van der Waals surface area contributed by atoms with Crippen molar-refractivity contribution in [3.05, 3.63) is 29.8 Å². The monoisotopic (exact) mass is 217 g/mol. The smallest absolute Gasteiger partial charge is 0.324 e. The lowest BCUT2D eigenvalue weighted by molar-refractivity contribution is -0.139. The summed E-state index contributed by atoms with van der Waals surface area (Å²) in [5, 5.41) is 8.41. The molecule has 3 N–H and O–H groups in total. The molecule has 15 heavy (non-hydrogen) atoms. The zero-order valence-corrected chi connectivity index (χ0v) is 7.61. The van der Waals surface area contributed by atoms with Crippen LogP contribution in [-0.4, -0.2) is 23.7 Å². The molecule has 0 radical (unpaired) electrons. The van der Waals surface area contributed by atoms with Crippen LogP contribution in [-0.2, 0) is 4.79 Å². The van der Waals surface area contributed by atoms with Gasteiger partial charge < -0.3 is 15.6 Å². The van der Waals surface area contributed by atoms with Gasteiger partial charge in [0.05, 0.1) is 0 Å². The Kier molecular flexibility index (Phi) is 3.56. The van der Waals surface area contributed by atoms with Crippen molar-refractivity contribution in [1.29, 1.82) is 0 Å². The van der Waals surface area contributed by atoms with Crippen LogP contribution < -0.4 is 10.5 Å². The van der Waals surface area contributed by atoms with Crippen molar-refractivity contribution in [2.24, 2.45) is 5.73 Å². The molecule has 0 saturated carbocycles. The summed E-state index contributed by atoms with van der Waals surface area (Å²) in [7, 11) is 0. The van der Waals surface area contributed by atoms with Crippen molar-refractivity contribution in [1.82, 2.24) is 0 Å². The predicted octanol–water partition coefficient (Wildman–Crippen LogP) is 0.756. The zero-order chi connectivity index (χ0) is 11.4. The van der Waals surface area contributed by atoms with Gasteiger partial charge in [-0.25, -0.2) is 8.78 Å². The van der Waals surface area contributed by atoms with Gasteiger partial charge in [0.15, 0.2) is 11.6 Å². The number of carboxylic acid groups (broad SMARTS) is 1. The van der Waals surface area contributed by atoms with Gasteiger partial charge in [0, 0.05) is 6.07 Å². The molecular formula is C9H9F2NO3. The number of benzene rings is 1. The van der Waals surface area contributed by atoms with Crippen LogP contribution in [0.1, 0.15) is 0 Å². The molecule has 0 aromatic heterocycles.